The van der Waals surface area contributed by atoms with E-state index in [1.807, 2.05) is 13.0 Å². The Morgan fingerprint density at radius 2 is 2.15 bits per heavy atom. The number of carbonyl (C=O) groups is 1. The molecule has 108 valence electrons. The molecule has 0 fully saturated rings. The topological polar surface area (TPSA) is 52.9 Å². The van der Waals surface area contributed by atoms with Crippen LogP contribution < -0.4 is 5.32 Å². The lowest BCUT2D eigenvalue weighted by atomic mass is 10.0. The summed E-state index contributed by atoms with van der Waals surface area (Å²) in [5.74, 6) is -1.21. The average Bonchev–Trinajstić information content (AvgIpc) is 2.41. The minimum atomic E-state index is -4.41. The Hall–Kier alpha value is -2.03. The van der Waals surface area contributed by atoms with Crippen LogP contribution in [0, 0.1) is 17.2 Å². The monoisotopic (exact) mass is 284 g/mol. The van der Waals surface area contributed by atoms with Crippen LogP contribution in [0.5, 0.6) is 0 Å². The normalized spacial score (nSPS) is 12.6. The molecule has 0 radical (unpaired) electrons. The van der Waals surface area contributed by atoms with Crippen molar-refractivity contribution in [3.05, 3.63) is 35.4 Å². The molecule has 0 saturated carbocycles. The number of rotatable bonds is 5. The zero-order valence-electron chi connectivity index (χ0n) is 11.0. The summed E-state index contributed by atoms with van der Waals surface area (Å²) in [6, 6.07) is 6.63. The van der Waals surface area contributed by atoms with Crippen LogP contribution in [0.2, 0.25) is 0 Å². The highest BCUT2D eigenvalue weighted by Gasteiger charge is 2.30. The molecule has 1 rings (SSSR count). The molecule has 0 aliphatic rings. The lowest BCUT2D eigenvalue weighted by Gasteiger charge is -2.11. The molecular weight excluding hydrogens is 269 g/mol. The van der Waals surface area contributed by atoms with E-state index in [-0.39, 0.29) is 6.54 Å². The summed E-state index contributed by atoms with van der Waals surface area (Å²) < 4.78 is 37.6. The van der Waals surface area contributed by atoms with Gasteiger partial charge in [-0.25, -0.2) is 0 Å². The van der Waals surface area contributed by atoms with E-state index in [0.29, 0.717) is 18.4 Å². The minimum Gasteiger partial charge on any atom is -0.351 e. The largest absolute Gasteiger partial charge is 0.416 e. The highest BCUT2D eigenvalue weighted by molar-refractivity contribution is 5.80. The van der Waals surface area contributed by atoms with Gasteiger partial charge < -0.3 is 5.32 Å². The van der Waals surface area contributed by atoms with Crippen molar-refractivity contribution in [2.75, 3.05) is 0 Å². The van der Waals surface area contributed by atoms with Gasteiger partial charge in [-0.1, -0.05) is 25.5 Å². The van der Waals surface area contributed by atoms with Gasteiger partial charge in [0.15, 0.2) is 0 Å². The van der Waals surface area contributed by atoms with Crippen LogP contribution in [0.3, 0.4) is 0 Å². The van der Waals surface area contributed by atoms with Gasteiger partial charge in [0.25, 0.3) is 0 Å². The van der Waals surface area contributed by atoms with E-state index in [1.165, 1.54) is 12.1 Å². The third-order valence-electron chi connectivity index (χ3n) is 2.77. The number of nitriles is 1. The van der Waals surface area contributed by atoms with Gasteiger partial charge in [0.2, 0.25) is 5.91 Å². The second-order valence-electron chi connectivity index (χ2n) is 4.39. The van der Waals surface area contributed by atoms with Crippen molar-refractivity contribution in [1.82, 2.24) is 5.32 Å². The molecule has 1 N–H and O–H groups in total. The molecule has 1 amide bonds. The number of hydrogen-bond acceptors (Lipinski definition) is 2. The van der Waals surface area contributed by atoms with Gasteiger partial charge in [-0.2, -0.15) is 18.4 Å². The number of nitrogens with zero attached hydrogens (tertiary/aromatic N) is 1. The predicted octanol–water partition coefficient (Wildman–Crippen LogP) is 3.26. The molecule has 1 unspecified atom stereocenters. The summed E-state index contributed by atoms with van der Waals surface area (Å²) in [7, 11) is 0. The molecule has 0 aliphatic heterocycles. The highest BCUT2D eigenvalue weighted by Crippen LogP contribution is 2.29. The number of alkyl halides is 3. The number of nitrogens with one attached hydrogen (secondary N) is 1. The summed E-state index contributed by atoms with van der Waals surface area (Å²) in [4.78, 5) is 11.7. The third-order valence-corrected chi connectivity index (χ3v) is 2.77. The van der Waals surface area contributed by atoms with Crippen molar-refractivity contribution in [3.8, 4) is 6.07 Å². The Morgan fingerprint density at radius 1 is 1.45 bits per heavy atom. The molecular formula is C14H15F3N2O. The van der Waals surface area contributed by atoms with E-state index in [9.17, 15) is 18.0 Å². The lowest BCUT2D eigenvalue weighted by molar-refractivity contribution is -0.137. The maximum atomic E-state index is 12.5. The quantitative estimate of drug-likeness (QED) is 0.902. The van der Waals surface area contributed by atoms with Crippen LogP contribution in [-0.4, -0.2) is 5.91 Å². The van der Waals surface area contributed by atoms with Crippen LogP contribution in [0.15, 0.2) is 24.3 Å². The Balaban J connectivity index is 2.67. The minimum absolute atomic E-state index is 0.0232. The van der Waals surface area contributed by atoms with Crippen molar-refractivity contribution in [2.45, 2.75) is 32.5 Å². The summed E-state index contributed by atoms with van der Waals surface area (Å²) in [6.45, 7) is 1.83. The van der Waals surface area contributed by atoms with Crippen LogP contribution >= 0.6 is 0 Å². The van der Waals surface area contributed by atoms with Gasteiger partial charge in [-0.15, -0.1) is 0 Å². The summed E-state index contributed by atoms with van der Waals surface area (Å²) in [5.41, 5.74) is -0.406. The van der Waals surface area contributed by atoms with E-state index >= 15 is 0 Å². The van der Waals surface area contributed by atoms with Gasteiger partial charge in [0.1, 0.15) is 5.92 Å². The number of benzene rings is 1. The van der Waals surface area contributed by atoms with Gasteiger partial charge >= 0.3 is 6.18 Å². The molecule has 3 nitrogen and oxygen atoms in total. The van der Waals surface area contributed by atoms with Crippen LogP contribution in [-0.2, 0) is 17.5 Å². The maximum Gasteiger partial charge on any atom is 0.416 e. The number of carbonyl (C=O) groups excluding carboxylic acids is 1. The summed E-state index contributed by atoms with van der Waals surface area (Å²) >= 11 is 0. The molecule has 0 heterocycles. The standard InChI is InChI=1S/C14H15F3N2O/c1-2-4-11(8-18)13(20)19-9-10-5-3-6-12(7-10)14(15,16)17/h3,5-7,11H,2,4,9H2,1H3,(H,19,20). The van der Waals surface area contributed by atoms with E-state index in [4.69, 9.17) is 5.26 Å². The number of hydrogen-bond donors (Lipinski definition) is 1. The predicted molar refractivity (Wildman–Crippen MR) is 67.3 cm³/mol. The molecule has 1 atom stereocenters. The Kier molecular flexibility index (Phi) is 5.56. The van der Waals surface area contributed by atoms with Crippen molar-refractivity contribution >= 4 is 5.91 Å². The first-order chi connectivity index (χ1) is 9.38. The number of halogens is 3. The highest BCUT2D eigenvalue weighted by atomic mass is 19.4. The zero-order valence-corrected chi connectivity index (χ0v) is 11.0. The Labute approximate surface area is 115 Å². The SMILES string of the molecule is CCCC(C#N)C(=O)NCc1cccc(C(F)(F)F)c1. The average molecular weight is 284 g/mol. The van der Waals surface area contributed by atoms with Gasteiger partial charge in [0.05, 0.1) is 11.6 Å². The first-order valence-corrected chi connectivity index (χ1v) is 6.22. The van der Waals surface area contributed by atoms with E-state index < -0.39 is 23.6 Å². The van der Waals surface area contributed by atoms with Crippen LogP contribution in [0.25, 0.3) is 0 Å². The summed E-state index contributed by atoms with van der Waals surface area (Å²) in [6.07, 6.45) is -3.28. The smallest absolute Gasteiger partial charge is 0.351 e. The molecule has 0 bridgehead atoms. The van der Waals surface area contributed by atoms with Crippen molar-refractivity contribution in [2.24, 2.45) is 5.92 Å². The zero-order chi connectivity index (χ0) is 15.2. The van der Waals surface area contributed by atoms with Crippen molar-refractivity contribution in [1.29, 1.82) is 5.26 Å². The van der Waals surface area contributed by atoms with E-state index in [0.717, 1.165) is 12.1 Å². The maximum absolute atomic E-state index is 12.5. The molecule has 0 saturated heterocycles. The summed E-state index contributed by atoms with van der Waals surface area (Å²) in [5, 5.41) is 11.3. The Morgan fingerprint density at radius 3 is 2.70 bits per heavy atom. The molecule has 1 aromatic carbocycles. The van der Waals surface area contributed by atoms with E-state index in [1.54, 1.807) is 0 Å². The first kappa shape index (κ1) is 16.0. The first-order valence-electron chi connectivity index (χ1n) is 6.22. The second kappa shape index (κ2) is 6.94. The molecule has 6 heteroatoms. The fourth-order valence-electron chi connectivity index (χ4n) is 1.71. The van der Waals surface area contributed by atoms with Crippen molar-refractivity contribution < 1.29 is 18.0 Å². The fourth-order valence-corrected chi connectivity index (χ4v) is 1.71. The fraction of sp³-hybridized carbons (Fsp3) is 0.429. The molecule has 0 aliphatic carbocycles. The second-order valence-corrected chi connectivity index (χ2v) is 4.39. The number of amides is 1. The van der Waals surface area contributed by atoms with Gasteiger partial charge in [-0.3, -0.25) is 4.79 Å². The van der Waals surface area contributed by atoms with Gasteiger partial charge in [0, 0.05) is 6.54 Å². The Bertz CT molecular complexity index is 506. The van der Waals surface area contributed by atoms with Crippen molar-refractivity contribution in [3.63, 3.8) is 0 Å². The third kappa shape index (κ3) is 4.57. The lowest BCUT2D eigenvalue weighted by Crippen LogP contribution is -2.29. The molecule has 20 heavy (non-hydrogen) atoms. The van der Waals surface area contributed by atoms with E-state index in [2.05, 4.69) is 5.32 Å². The molecule has 0 aromatic heterocycles. The molecule has 0 spiro atoms. The molecule has 1 aromatic rings. The van der Waals surface area contributed by atoms with Crippen LogP contribution in [0.1, 0.15) is 30.9 Å². The van der Waals surface area contributed by atoms with Crippen LogP contribution in [0.4, 0.5) is 13.2 Å². The van der Waals surface area contributed by atoms with Gasteiger partial charge in [-0.05, 0) is 24.1 Å².